The van der Waals surface area contributed by atoms with E-state index in [0.717, 1.165) is 6.42 Å². The predicted molar refractivity (Wildman–Crippen MR) is 50.2 cm³/mol. The second-order valence-corrected chi connectivity index (χ2v) is 2.89. The van der Waals surface area contributed by atoms with Gasteiger partial charge < -0.3 is 16.2 Å². The fraction of sp³-hybridized carbons (Fsp3) is 0.500. The van der Waals surface area contributed by atoms with Crippen molar-refractivity contribution in [2.45, 2.75) is 19.4 Å². The Morgan fingerprint density at radius 1 is 1.46 bits per heavy atom. The minimum atomic E-state index is 0.148. The van der Waals surface area contributed by atoms with E-state index in [-0.39, 0.29) is 12.0 Å². The summed E-state index contributed by atoms with van der Waals surface area (Å²) in [6.45, 7) is 2.51. The molecule has 5 nitrogen and oxygen atoms in total. The van der Waals surface area contributed by atoms with Gasteiger partial charge in [-0.15, -0.1) is 0 Å². The second-order valence-electron chi connectivity index (χ2n) is 2.89. The zero-order valence-electron chi connectivity index (χ0n) is 7.60. The number of anilines is 1. The molecule has 0 bridgehead atoms. The third kappa shape index (κ3) is 3.71. The van der Waals surface area contributed by atoms with Crippen LogP contribution in [0.1, 0.15) is 13.3 Å². The highest BCUT2D eigenvalue weighted by Gasteiger charge is 1.97. The highest BCUT2D eigenvalue weighted by atomic mass is 16.5. The zero-order chi connectivity index (χ0) is 9.68. The molecule has 4 N–H and O–H groups in total. The summed E-state index contributed by atoms with van der Waals surface area (Å²) < 4.78 is 5.31. The Hall–Kier alpha value is -1.36. The maximum Gasteiger partial charge on any atom is 0.220 e. The van der Waals surface area contributed by atoms with Crippen molar-refractivity contribution < 1.29 is 4.74 Å². The van der Waals surface area contributed by atoms with Gasteiger partial charge in [0.1, 0.15) is 0 Å². The van der Waals surface area contributed by atoms with Crippen LogP contribution in [0.5, 0.6) is 5.75 Å². The number of nitrogen functional groups attached to an aromatic ring is 1. The lowest BCUT2D eigenvalue weighted by Crippen LogP contribution is -2.18. The average Bonchev–Trinajstić information content (AvgIpc) is 2.08. The van der Waals surface area contributed by atoms with E-state index >= 15 is 0 Å². The first-order valence-corrected chi connectivity index (χ1v) is 4.14. The average molecular weight is 182 g/mol. The molecule has 0 saturated carbocycles. The Kier molecular flexibility index (Phi) is 3.45. The predicted octanol–water partition coefficient (Wildman–Crippen LogP) is 0.175. The number of hydrogen-bond donors (Lipinski definition) is 2. The molecule has 0 saturated heterocycles. The van der Waals surface area contributed by atoms with E-state index in [2.05, 4.69) is 9.97 Å². The van der Waals surface area contributed by atoms with Crippen LogP contribution in [0.4, 0.5) is 5.95 Å². The van der Waals surface area contributed by atoms with Crippen molar-refractivity contribution in [2.24, 2.45) is 5.73 Å². The summed E-state index contributed by atoms with van der Waals surface area (Å²) in [6.07, 6.45) is 3.90. The quantitative estimate of drug-likeness (QED) is 0.693. The van der Waals surface area contributed by atoms with Gasteiger partial charge in [-0.1, -0.05) is 0 Å². The maximum absolute atomic E-state index is 5.55. The van der Waals surface area contributed by atoms with Crippen molar-refractivity contribution in [3.8, 4) is 5.75 Å². The SMILES string of the molecule is C[C@H](N)CCOc1cnc(N)nc1. The van der Waals surface area contributed by atoms with Gasteiger partial charge in [-0.25, -0.2) is 9.97 Å². The van der Waals surface area contributed by atoms with Crippen LogP contribution in [0, 0.1) is 0 Å². The van der Waals surface area contributed by atoms with Gasteiger partial charge in [-0.3, -0.25) is 0 Å². The smallest absolute Gasteiger partial charge is 0.220 e. The molecule has 1 heterocycles. The van der Waals surface area contributed by atoms with E-state index in [4.69, 9.17) is 16.2 Å². The van der Waals surface area contributed by atoms with Crippen LogP contribution in [-0.4, -0.2) is 22.6 Å². The van der Waals surface area contributed by atoms with Gasteiger partial charge in [0.25, 0.3) is 0 Å². The van der Waals surface area contributed by atoms with Crippen molar-refractivity contribution in [3.63, 3.8) is 0 Å². The van der Waals surface area contributed by atoms with E-state index in [0.29, 0.717) is 12.4 Å². The molecule has 13 heavy (non-hydrogen) atoms. The monoisotopic (exact) mass is 182 g/mol. The number of nitrogens with zero attached hydrogens (tertiary/aromatic N) is 2. The molecule has 0 aliphatic rings. The standard InChI is InChI=1S/C8H14N4O/c1-6(9)2-3-13-7-4-11-8(10)12-5-7/h4-6H,2-3,9H2,1H3,(H2,10,11,12)/t6-/m0/s1. The molecule has 0 unspecified atom stereocenters. The van der Waals surface area contributed by atoms with Crippen LogP contribution in [0.15, 0.2) is 12.4 Å². The largest absolute Gasteiger partial charge is 0.490 e. The summed E-state index contributed by atoms with van der Waals surface area (Å²) in [5, 5.41) is 0. The molecule has 1 atom stereocenters. The molecule has 72 valence electrons. The lowest BCUT2D eigenvalue weighted by Gasteiger charge is -2.06. The van der Waals surface area contributed by atoms with Crippen LogP contribution < -0.4 is 16.2 Å². The Morgan fingerprint density at radius 2 is 2.08 bits per heavy atom. The summed E-state index contributed by atoms with van der Waals surface area (Å²) in [4.78, 5) is 7.57. The summed E-state index contributed by atoms with van der Waals surface area (Å²) >= 11 is 0. The first-order chi connectivity index (χ1) is 6.18. The van der Waals surface area contributed by atoms with Crippen LogP contribution in [0.3, 0.4) is 0 Å². The minimum absolute atomic E-state index is 0.148. The number of nitrogens with two attached hydrogens (primary N) is 2. The summed E-state index contributed by atoms with van der Waals surface area (Å²) in [6, 6.07) is 0.148. The molecular weight excluding hydrogens is 168 g/mol. The first-order valence-electron chi connectivity index (χ1n) is 4.14. The Labute approximate surface area is 77.1 Å². The molecule has 1 rings (SSSR count). The van der Waals surface area contributed by atoms with Gasteiger partial charge in [0, 0.05) is 6.04 Å². The number of rotatable bonds is 4. The van der Waals surface area contributed by atoms with Gasteiger partial charge in [0.2, 0.25) is 5.95 Å². The maximum atomic E-state index is 5.55. The molecule has 1 aromatic rings. The van der Waals surface area contributed by atoms with E-state index in [1.165, 1.54) is 0 Å². The fourth-order valence-corrected chi connectivity index (χ4v) is 0.763. The normalized spacial score (nSPS) is 12.5. The first kappa shape index (κ1) is 9.73. The molecule has 0 spiro atoms. The van der Waals surface area contributed by atoms with Crippen LogP contribution in [0.25, 0.3) is 0 Å². The van der Waals surface area contributed by atoms with Crippen molar-refractivity contribution >= 4 is 5.95 Å². The van der Waals surface area contributed by atoms with Gasteiger partial charge in [-0.05, 0) is 13.3 Å². The van der Waals surface area contributed by atoms with Crippen LogP contribution >= 0.6 is 0 Å². The lowest BCUT2D eigenvalue weighted by molar-refractivity contribution is 0.299. The van der Waals surface area contributed by atoms with E-state index in [1.807, 2.05) is 6.92 Å². The molecule has 0 aliphatic carbocycles. The number of hydrogen-bond acceptors (Lipinski definition) is 5. The van der Waals surface area contributed by atoms with Crippen LogP contribution in [-0.2, 0) is 0 Å². The van der Waals surface area contributed by atoms with Crippen LogP contribution in [0.2, 0.25) is 0 Å². The van der Waals surface area contributed by atoms with Gasteiger partial charge in [0.05, 0.1) is 19.0 Å². The molecule has 0 aromatic carbocycles. The zero-order valence-corrected chi connectivity index (χ0v) is 7.60. The highest BCUT2D eigenvalue weighted by Crippen LogP contribution is 2.06. The molecule has 0 radical (unpaired) electrons. The van der Waals surface area contributed by atoms with Gasteiger partial charge in [0.15, 0.2) is 5.75 Å². The number of aromatic nitrogens is 2. The van der Waals surface area contributed by atoms with Crippen molar-refractivity contribution in [2.75, 3.05) is 12.3 Å². The fourth-order valence-electron chi connectivity index (χ4n) is 0.763. The minimum Gasteiger partial charge on any atom is -0.490 e. The molecule has 0 fully saturated rings. The molecule has 1 aromatic heterocycles. The summed E-state index contributed by atoms with van der Waals surface area (Å²) in [5.41, 5.74) is 10.9. The highest BCUT2D eigenvalue weighted by molar-refractivity contribution is 5.20. The summed E-state index contributed by atoms with van der Waals surface area (Å²) in [5.74, 6) is 0.870. The molecule has 5 heteroatoms. The lowest BCUT2D eigenvalue weighted by atomic mass is 10.3. The summed E-state index contributed by atoms with van der Waals surface area (Å²) in [7, 11) is 0. The third-order valence-electron chi connectivity index (χ3n) is 1.49. The van der Waals surface area contributed by atoms with E-state index in [1.54, 1.807) is 12.4 Å². The molecule has 0 amide bonds. The topological polar surface area (TPSA) is 87.0 Å². The van der Waals surface area contributed by atoms with E-state index < -0.39 is 0 Å². The molecule has 0 aliphatic heterocycles. The Bertz CT molecular complexity index is 247. The van der Waals surface area contributed by atoms with E-state index in [9.17, 15) is 0 Å². The van der Waals surface area contributed by atoms with Gasteiger partial charge in [-0.2, -0.15) is 0 Å². The van der Waals surface area contributed by atoms with Crippen molar-refractivity contribution in [1.82, 2.24) is 9.97 Å². The van der Waals surface area contributed by atoms with Crippen molar-refractivity contribution in [3.05, 3.63) is 12.4 Å². The number of ether oxygens (including phenoxy) is 1. The second kappa shape index (κ2) is 4.61. The Morgan fingerprint density at radius 3 is 2.62 bits per heavy atom. The van der Waals surface area contributed by atoms with Gasteiger partial charge >= 0.3 is 0 Å². The third-order valence-corrected chi connectivity index (χ3v) is 1.49. The van der Waals surface area contributed by atoms with Crippen molar-refractivity contribution in [1.29, 1.82) is 0 Å². The molecular formula is C8H14N4O. The Balaban J connectivity index is 2.33.